The Hall–Kier alpha value is -2.79. The van der Waals surface area contributed by atoms with Gasteiger partial charge in [0.2, 0.25) is 5.91 Å². The van der Waals surface area contributed by atoms with Gasteiger partial charge in [0.05, 0.1) is 5.03 Å². The number of para-hydroxylation sites is 1. The van der Waals surface area contributed by atoms with Crippen LogP contribution in [0.1, 0.15) is 41.5 Å². The van der Waals surface area contributed by atoms with E-state index in [-0.39, 0.29) is 11.5 Å². The zero-order chi connectivity index (χ0) is 19.8. The van der Waals surface area contributed by atoms with Crippen LogP contribution in [0.15, 0.2) is 76.6 Å². The van der Waals surface area contributed by atoms with Gasteiger partial charge in [-0.25, -0.2) is 0 Å². The van der Waals surface area contributed by atoms with E-state index in [0.29, 0.717) is 11.7 Å². The topological polar surface area (TPSA) is 51.1 Å². The van der Waals surface area contributed by atoms with Crippen molar-refractivity contribution in [1.82, 2.24) is 4.57 Å². The van der Waals surface area contributed by atoms with Gasteiger partial charge in [-0.1, -0.05) is 48.5 Å². The lowest BCUT2D eigenvalue weighted by Gasteiger charge is -2.18. The number of thioether (sulfide) groups is 1. The smallest absolute Gasteiger partial charge is 0.252 e. The third-order valence-electron chi connectivity index (χ3n) is 5.59. The zero-order valence-corrected chi connectivity index (χ0v) is 16.8. The molecule has 0 saturated heterocycles. The molecule has 2 aliphatic rings. The predicted molar refractivity (Wildman–Crippen MR) is 117 cm³/mol. The van der Waals surface area contributed by atoms with E-state index in [9.17, 15) is 9.59 Å². The molecule has 1 atom stereocenters. The molecule has 1 fully saturated rings. The first-order chi connectivity index (χ1) is 14.2. The Bertz CT molecular complexity index is 1100. The molecular formula is C24H22N2O2S. The molecule has 1 aliphatic carbocycles. The van der Waals surface area contributed by atoms with Crippen molar-refractivity contribution in [2.75, 3.05) is 11.1 Å². The van der Waals surface area contributed by atoms with Gasteiger partial charge >= 0.3 is 0 Å². The second kappa shape index (κ2) is 7.56. The number of benzene rings is 2. The molecule has 0 bridgehead atoms. The maximum absolute atomic E-state index is 13.1. The zero-order valence-electron chi connectivity index (χ0n) is 16.0. The first-order valence-electron chi connectivity index (χ1n) is 10.0. The molecule has 1 aliphatic heterocycles. The third-order valence-corrected chi connectivity index (χ3v) is 6.76. The number of fused-ring (bicyclic) bond motifs is 1. The van der Waals surface area contributed by atoms with Crippen LogP contribution in [0.5, 0.6) is 0 Å². The Balaban J connectivity index is 1.50. The summed E-state index contributed by atoms with van der Waals surface area (Å²) in [6.45, 7) is 0. The van der Waals surface area contributed by atoms with Crippen molar-refractivity contribution in [1.29, 1.82) is 0 Å². The molecule has 29 heavy (non-hydrogen) atoms. The molecule has 146 valence electrons. The summed E-state index contributed by atoms with van der Waals surface area (Å²) < 4.78 is 1.73. The summed E-state index contributed by atoms with van der Waals surface area (Å²) in [4.78, 5) is 26.0. The number of amides is 1. The third kappa shape index (κ3) is 3.62. The van der Waals surface area contributed by atoms with Gasteiger partial charge in [0, 0.05) is 17.5 Å². The van der Waals surface area contributed by atoms with Crippen LogP contribution in [0, 0.1) is 0 Å². The summed E-state index contributed by atoms with van der Waals surface area (Å²) in [5.41, 5.74) is 4.29. The van der Waals surface area contributed by atoms with Crippen molar-refractivity contribution in [3.05, 3.63) is 93.8 Å². The maximum atomic E-state index is 13.1. The normalized spacial score (nSPS) is 17.7. The number of pyridine rings is 1. The predicted octanol–water partition coefficient (Wildman–Crippen LogP) is 4.60. The SMILES string of the molecule is O=C(Nc1ccccc1)C1CSc2c(C3CC3)c(Cc3ccccc3)cc(=O)n21. The van der Waals surface area contributed by atoms with Crippen molar-refractivity contribution in [3.8, 4) is 0 Å². The molecule has 1 aromatic heterocycles. The Labute approximate surface area is 174 Å². The maximum Gasteiger partial charge on any atom is 0.252 e. The van der Waals surface area contributed by atoms with Gasteiger partial charge in [0.25, 0.3) is 5.56 Å². The molecule has 1 N–H and O–H groups in total. The van der Waals surface area contributed by atoms with Crippen molar-refractivity contribution in [3.63, 3.8) is 0 Å². The van der Waals surface area contributed by atoms with Crippen LogP contribution in [0.4, 0.5) is 5.69 Å². The summed E-state index contributed by atoms with van der Waals surface area (Å²) in [6.07, 6.45) is 3.08. The highest BCUT2D eigenvalue weighted by atomic mass is 32.2. The van der Waals surface area contributed by atoms with Gasteiger partial charge in [-0.3, -0.25) is 14.2 Å². The number of anilines is 1. The largest absolute Gasteiger partial charge is 0.324 e. The van der Waals surface area contributed by atoms with Gasteiger partial charge in [-0.2, -0.15) is 0 Å². The molecule has 1 unspecified atom stereocenters. The number of nitrogens with one attached hydrogen (secondary N) is 1. The number of aromatic nitrogens is 1. The summed E-state index contributed by atoms with van der Waals surface area (Å²) >= 11 is 1.65. The number of carbonyl (C=O) groups excluding carboxylic acids is 1. The summed E-state index contributed by atoms with van der Waals surface area (Å²) in [5, 5.41) is 3.96. The number of hydrogen-bond donors (Lipinski definition) is 1. The van der Waals surface area contributed by atoms with Gasteiger partial charge < -0.3 is 5.32 Å². The van der Waals surface area contributed by atoms with E-state index in [1.54, 1.807) is 22.4 Å². The van der Waals surface area contributed by atoms with Crippen LogP contribution in [-0.2, 0) is 11.2 Å². The molecule has 2 heterocycles. The first-order valence-corrected chi connectivity index (χ1v) is 11.0. The summed E-state index contributed by atoms with van der Waals surface area (Å²) in [5.74, 6) is 0.990. The molecular weight excluding hydrogens is 380 g/mol. The summed E-state index contributed by atoms with van der Waals surface area (Å²) in [6, 6.07) is 21.0. The van der Waals surface area contributed by atoms with Crippen LogP contribution < -0.4 is 10.9 Å². The summed E-state index contributed by atoms with van der Waals surface area (Å²) in [7, 11) is 0. The van der Waals surface area contributed by atoms with Crippen LogP contribution in [0.3, 0.4) is 0 Å². The molecule has 1 amide bonds. The second-order valence-corrected chi connectivity index (χ2v) is 8.72. The molecule has 0 spiro atoms. The van der Waals surface area contributed by atoms with Crippen molar-refractivity contribution < 1.29 is 4.79 Å². The van der Waals surface area contributed by atoms with Crippen LogP contribution in [0.25, 0.3) is 0 Å². The van der Waals surface area contributed by atoms with Crippen molar-refractivity contribution in [2.45, 2.75) is 36.2 Å². The quantitative estimate of drug-likeness (QED) is 0.678. The van der Waals surface area contributed by atoms with E-state index in [2.05, 4.69) is 17.4 Å². The average molecular weight is 403 g/mol. The molecule has 1 saturated carbocycles. The Morgan fingerprint density at radius 2 is 1.72 bits per heavy atom. The molecule has 0 radical (unpaired) electrons. The molecule has 3 aromatic rings. The minimum atomic E-state index is -0.467. The van der Waals surface area contributed by atoms with Crippen LogP contribution >= 0.6 is 11.8 Å². The minimum Gasteiger partial charge on any atom is -0.324 e. The van der Waals surface area contributed by atoms with Crippen LogP contribution in [-0.4, -0.2) is 16.2 Å². The molecule has 4 nitrogen and oxygen atoms in total. The molecule has 2 aromatic carbocycles. The number of carbonyl (C=O) groups is 1. The highest BCUT2D eigenvalue weighted by Gasteiger charge is 2.37. The highest BCUT2D eigenvalue weighted by Crippen LogP contribution is 2.48. The van der Waals surface area contributed by atoms with Gasteiger partial charge in [-0.05, 0) is 54.0 Å². The fourth-order valence-electron chi connectivity index (χ4n) is 4.05. The highest BCUT2D eigenvalue weighted by molar-refractivity contribution is 7.99. The van der Waals surface area contributed by atoms with E-state index >= 15 is 0 Å². The Kier molecular flexibility index (Phi) is 4.76. The lowest BCUT2D eigenvalue weighted by Crippen LogP contribution is -2.33. The Morgan fingerprint density at radius 3 is 2.41 bits per heavy atom. The van der Waals surface area contributed by atoms with E-state index in [4.69, 9.17) is 0 Å². The van der Waals surface area contributed by atoms with Crippen molar-refractivity contribution >= 4 is 23.4 Å². The molecule has 5 rings (SSSR count). The van der Waals surface area contributed by atoms with E-state index < -0.39 is 6.04 Å². The van der Waals surface area contributed by atoms with Gasteiger partial charge in [-0.15, -0.1) is 11.8 Å². The van der Waals surface area contributed by atoms with E-state index in [1.807, 2.05) is 48.5 Å². The van der Waals surface area contributed by atoms with Crippen molar-refractivity contribution in [2.24, 2.45) is 0 Å². The lowest BCUT2D eigenvalue weighted by molar-refractivity contribution is -0.118. The number of rotatable bonds is 5. The lowest BCUT2D eigenvalue weighted by atomic mass is 9.98. The average Bonchev–Trinajstić information content (AvgIpc) is 3.46. The number of hydrogen-bond acceptors (Lipinski definition) is 3. The second-order valence-electron chi connectivity index (χ2n) is 7.72. The first kappa shape index (κ1) is 18.3. The van der Waals surface area contributed by atoms with Gasteiger partial charge in [0.1, 0.15) is 6.04 Å². The minimum absolute atomic E-state index is 0.0754. The van der Waals surface area contributed by atoms with Gasteiger partial charge in [0.15, 0.2) is 0 Å². The Morgan fingerprint density at radius 1 is 1.03 bits per heavy atom. The van der Waals surface area contributed by atoms with E-state index in [1.165, 1.54) is 11.1 Å². The standard InChI is InChI=1S/C24H22N2O2S/c27-21-14-18(13-16-7-3-1-4-8-16)22(17-11-12-17)24-26(21)20(15-29-24)23(28)25-19-9-5-2-6-10-19/h1-10,14,17,20H,11-13,15H2,(H,25,28). The molecule has 5 heteroatoms. The number of nitrogens with zero attached hydrogens (tertiary/aromatic N) is 1. The fourth-order valence-corrected chi connectivity index (χ4v) is 5.47. The monoisotopic (exact) mass is 402 g/mol. The van der Waals surface area contributed by atoms with Crippen LogP contribution in [0.2, 0.25) is 0 Å². The van der Waals surface area contributed by atoms with E-state index in [0.717, 1.165) is 35.5 Å². The fraction of sp³-hybridized carbons (Fsp3) is 0.250.